The Labute approximate surface area is 65.5 Å². The van der Waals surface area contributed by atoms with Gasteiger partial charge in [-0.25, -0.2) is 0 Å². The molecule has 0 aromatic carbocycles. The lowest BCUT2D eigenvalue weighted by molar-refractivity contribution is 0.539. The zero-order valence-corrected chi connectivity index (χ0v) is 6.62. The Balaban J connectivity index is 2.15. The average molecular weight is 164 g/mol. The van der Waals surface area contributed by atoms with Gasteiger partial charge in [-0.2, -0.15) is 0 Å². The van der Waals surface area contributed by atoms with Gasteiger partial charge in [0.05, 0.1) is 10.8 Å². The van der Waals surface area contributed by atoms with Crippen LogP contribution in [0.3, 0.4) is 0 Å². The van der Waals surface area contributed by atoms with E-state index < -0.39 is 0 Å². The van der Waals surface area contributed by atoms with Gasteiger partial charge in [0.15, 0.2) is 0 Å². The van der Waals surface area contributed by atoms with Gasteiger partial charge in [0.2, 0.25) is 0 Å². The first kappa shape index (κ1) is 6.30. The number of hydrogen-bond donors (Lipinski definition) is 0. The van der Waals surface area contributed by atoms with Gasteiger partial charge in [-0.3, -0.25) is 0 Å². The average Bonchev–Trinajstić information content (AvgIpc) is 2.37. The van der Waals surface area contributed by atoms with E-state index in [-0.39, 0.29) is 10.8 Å². The fourth-order valence-corrected chi connectivity index (χ4v) is 2.70. The van der Waals surface area contributed by atoms with E-state index in [0.29, 0.717) is 5.92 Å². The molecule has 2 saturated carbocycles. The molecule has 0 nitrogen and oxygen atoms in total. The molecule has 2 fully saturated rings. The molecule has 0 heterocycles. The van der Waals surface area contributed by atoms with Crippen LogP contribution in [0.1, 0.15) is 19.3 Å². The first-order valence-electron chi connectivity index (χ1n) is 3.42. The van der Waals surface area contributed by atoms with Crippen LogP contribution in [-0.4, -0.2) is 10.8 Å². The van der Waals surface area contributed by atoms with E-state index in [1.54, 1.807) is 0 Å². The van der Waals surface area contributed by atoms with Gasteiger partial charge < -0.3 is 0 Å². The third-order valence-electron chi connectivity index (χ3n) is 2.48. The molecule has 9 heavy (non-hydrogen) atoms. The first-order valence-corrected chi connectivity index (χ1v) is 4.29. The van der Waals surface area contributed by atoms with Crippen molar-refractivity contribution in [2.45, 2.75) is 30.0 Å². The predicted molar refractivity (Wildman–Crippen MR) is 39.9 cm³/mol. The Morgan fingerprint density at radius 2 is 2.11 bits per heavy atom. The smallest absolute Gasteiger partial charge is 0.0564 e. The van der Waals surface area contributed by atoms with Crippen molar-refractivity contribution in [2.75, 3.05) is 0 Å². The van der Waals surface area contributed by atoms with Crippen LogP contribution in [0.2, 0.25) is 0 Å². The summed E-state index contributed by atoms with van der Waals surface area (Å²) in [7, 11) is 0. The van der Waals surface area contributed by atoms with Crippen molar-refractivity contribution in [3.63, 3.8) is 0 Å². The van der Waals surface area contributed by atoms with E-state index >= 15 is 0 Å². The summed E-state index contributed by atoms with van der Waals surface area (Å²) in [5.74, 6) is 2.21. The second-order valence-corrected chi connectivity index (χ2v) is 3.98. The first-order chi connectivity index (χ1) is 4.29. The molecule has 0 aromatic heterocycles. The van der Waals surface area contributed by atoms with Crippen molar-refractivity contribution >= 4 is 23.2 Å². The lowest BCUT2D eigenvalue weighted by Gasteiger charge is -2.19. The second kappa shape index (κ2) is 2.03. The summed E-state index contributed by atoms with van der Waals surface area (Å²) in [4.78, 5) is 0. The highest BCUT2D eigenvalue weighted by molar-refractivity contribution is 6.31. The van der Waals surface area contributed by atoms with Crippen LogP contribution < -0.4 is 0 Å². The summed E-state index contributed by atoms with van der Waals surface area (Å²) < 4.78 is 0. The van der Waals surface area contributed by atoms with Gasteiger partial charge in [0.1, 0.15) is 0 Å². The van der Waals surface area contributed by atoms with Crippen molar-refractivity contribution in [1.29, 1.82) is 0 Å². The predicted octanol–water partition coefficient (Wildman–Crippen LogP) is 2.59. The van der Waals surface area contributed by atoms with Gasteiger partial charge in [-0.15, -0.1) is 23.2 Å². The maximum absolute atomic E-state index is 6.01. The minimum atomic E-state index is 0.199. The molecular formula is C7H9Cl2. The molecule has 2 heteroatoms. The van der Waals surface area contributed by atoms with Gasteiger partial charge in [0, 0.05) is 0 Å². The van der Waals surface area contributed by atoms with E-state index in [0.717, 1.165) is 0 Å². The second-order valence-electron chi connectivity index (χ2n) is 3.01. The minimum absolute atomic E-state index is 0.199. The lowest BCUT2D eigenvalue weighted by Crippen LogP contribution is -2.21. The molecule has 0 aromatic rings. The highest BCUT2D eigenvalue weighted by Gasteiger charge is 2.46. The number of halogens is 2. The third-order valence-corrected chi connectivity index (χ3v) is 3.80. The van der Waals surface area contributed by atoms with Crippen LogP contribution in [0.5, 0.6) is 0 Å². The summed E-state index contributed by atoms with van der Waals surface area (Å²) in [5, 5.41) is 0.445. The molecule has 0 aliphatic heterocycles. The van der Waals surface area contributed by atoms with E-state index in [1.807, 2.05) is 0 Å². The van der Waals surface area contributed by atoms with E-state index in [4.69, 9.17) is 23.2 Å². The Morgan fingerprint density at radius 3 is 2.44 bits per heavy atom. The number of alkyl halides is 2. The zero-order chi connectivity index (χ0) is 6.43. The highest BCUT2D eigenvalue weighted by atomic mass is 35.5. The van der Waals surface area contributed by atoms with E-state index in [1.165, 1.54) is 25.2 Å². The molecule has 3 unspecified atom stereocenters. The van der Waals surface area contributed by atoms with E-state index in [2.05, 4.69) is 0 Å². The molecule has 2 aliphatic carbocycles. The van der Waals surface area contributed by atoms with Crippen LogP contribution in [0.4, 0.5) is 0 Å². The molecule has 0 spiro atoms. The Hall–Kier alpha value is 0.580. The van der Waals surface area contributed by atoms with Gasteiger partial charge >= 0.3 is 0 Å². The summed E-state index contributed by atoms with van der Waals surface area (Å²) >= 11 is 12.0. The summed E-state index contributed by atoms with van der Waals surface area (Å²) in [6.07, 6.45) is 3.73. The molecule has 1 radical (unpaired) electrons. The van der Waals surface area contributed by atoms with Crippen LogP contribution >= 0.6 is 23.2 Å². The van der Waals surface area contributed by atoms with Crippen molar-refractivity contribution in [3.8, 4) is 0 Å². The van der Waals surface area contributed by atoms with E-state index in [9.17, 15) is 0 Å². The Bertz CT molecular complexity index is 106. The van der Waals surface area contributed by atoms with Gasteiger partial charge in [-0.1, -0.05) is 0 Å². The monoisotopic (exact) mass is 163 g/mol. The quantitative estimate of drug-likeness (QED) is 0.482. The number of hydrogen-bond acceptors (Lipinski definition) is 0. The minimum Gasteiger partial charge on any atom is -0.121 e. The van der Waals surface area contributed by atoms with Crippen LogP contribution in [0.25, 0.3) is 0 Å². The zero-order valence-electron chi connectivity index (χ0n) is 5.11. The molecule has 2 bridgehead atoms. The fourth-order valence-electron chi connectivity index (χ4n) is 1.90. The molecule has 2 rings (SSSR count). The molecular weight excluding hydrogens is 155 g/mol. The standard InChI is InChI=1S/C7H9Cl2/c8-6-4-1-2-5(3-4)7(6)9/h4,6-7H,1-3H2. The van der Waals surface area contributed by atoms with Crippen molar-refractivity contribution in [2.24, 2.45) is 5.92 Å². The molecule has 51 valence electrons. The topological polar surface area (TPSA) is 0 Å². The van der Waals surface area contributed by atoms with Crippen LogP contribution in [-0.2, 0) is 0 Å². The lowest BCUT2D eigenvalue weighted by atomic mass is 10.00. The Kier molecular flexibility index (Phi) is 1.42. The van der Waals surface area contributed by atoms with Crippen molar-refractivity contribution in [1.82, 2.24) is 0 Å². The van der Waals surface area contributed by atoms with Crippen molar-refractivity contribution in [3.05, 3.63) is 5.92 Å². The van der Waals surface area contributed by atoms with Crippen LogP contribution in [0, 0.1) is 11.8 Å². The Morgan fingerprint density at radius 1 is 1.33 bits per heavy atom. The number of fused-ring (bicyclic) bond motifs is 2. The normalized spacial score (nSPS) is 50.7. The van der Waals surface area contributed by atoms with Crippen molar-refractivity contribution < 1.29 is 0 Å². The van der Waals surface area contributed by atoms with Gasteiger partial charge in [0.25, 0.3) is 0 Å². The maximum Gasteiger partial charge on any atom is 0.0564 e. The molecule has 2 aliphatic rings. The molecule has 0 amide bonds. The van der Waals surface area contributed by atoms with Gasteiger partial charge in [-0.05, 0) is 31.1 Å². The fraction of sp³-hybridized carbons (Fsp3) is 0.857. The largest absolute Gasteiger partial charge is 0.121 e. The summed E-state index contributed by atoms with van der Waals surface area (Å²) in [5.41, 5.74) is 0. The molecule has 0 saturated heterocycles. The van der Waals surface area contributed by atoms with Crippen LogP contribution in [0.15, 0.2) is 0 Å². The summed E-state index contributed by atoms with van der Waals surface area (Å²) in [6.45, 7) is 0. The maximum atomic E-state index is 6.01. The summed E-state index contributed by atoms with van der Waals surface area (Å²) in [6, 6.07) is 0. The molecule has 3 atom stereocenters. The highest BCUT2D eigenvalue weighted by Crippen LogP contribution is 2.50. The SMILES string of the molecule is ClC1[C]2CCC(C2)C1Cl. The third kappa shape index (κ3) is 0.798. The molecule has 0 N–H and O–H groups in total. The number of rotatable bonds is 0.